The number of carbonyl (C=O) groups is 1. The Hall–Kier alpha value is -3.62. The summed E-state index contributed by atoms with van der Waals surface area (Å²) in [5.74, 6) is -4.80. The lowest BCUT2D eigenvalue weighted by atomic mass is 10.2. The second-order valence-electron chi connectivity index (χ2n) is 5.14. The van der Waals surface area contributed by atoms with Gasteiger partial charge in [-0.2, -0.15) is 0 Å². The normalized spacial score (nSPS) is 10.4. The molecule has 0 bridgehead atoms. The van der Waals surface area contributed by atoms with Gasteiger partial charge >= 0.3 is 5.97 Å². The van der Waals surface area contributed by atoms with Gasteiger partial charge in [0.15, 0.2) is 17.5 Å². The molecule has 0 fully saturated rings. The fourth-order valence-electron chi connectivity index (χ4n) is 2.10. The molecule has 132 valence electrons. The zero-order chi connectivity index (χ0) is 18.7. The highest BCUT2D eigenvalue weighted by Crippen LogP contribution is 2.24. The van der Waals surface area contributed by atoms with Crippen LogP contribution in [0.2, 0.25) is 0 Å². The minimum Gasteiger partial charge on any atom is -0.478 e. The van der Waals surface area contributed by atoms with Crippen molar-refractivity contribution in [1.82, 2.24) is 9.97 Å². The number of halogens is 3. The average Bonchev–Trinajstić information content (AvgIpc) is 2.63. The van der Waals surface area contributed by atoms with E-state index in [0.29, 0.717) is 11.5 Å². The lowest BCUT2D eigenvalue weighted by molar-refractivity contribution is 0.0697. The molecule has 0 unspecified atom stereocenters. The molecule has 0 aliphatic rings. The molecule has 0 saturated heterocycles. The number of hydrogen-bond acceptors (Lipinski definition) is 5. The summed E-state index contributed by atoms with van der Waals surface area (Å²) < 4.78 is 40.0. The smallest absolute Gasteiger partial charge is 0.335 e. The standard InChI is InChI=1S/C17H11F3N4O2/c18-11-5-6-12(16(20)15(11)19)24-14-7-13(21-8-22-14)23-10-3-1-9(2-4-10)17(25)26/h1-8H,(H,25,26)(H2,21,22,23,24). The molecule has 3 rings (SSSR count). The maximum atomic E-state index is 13.7. The molecule has 2 aromatic carbocycles. The van der Waals surface area contributed by atoms with Gasteiger partial charge in [0.05, 0.1) is 11.3 Å². The number of aromatic nitrogens is 2. The molecule has 0 amide bonds. The molecular weight excluding hydrogens is 349 g/mol. The highest BCUT2D eigenvalue weighted by Gasteiger charge is 2.14. The highest BCUT2D eigenvalue weighted by atomic mass is 19.2. The van der Waals surface area contributed by atoms with Crippen molar-refractivity contribution in [2.45, 2.75) is 0 Å². The second kappa shape index (κ2) is 7.09. The van der Waals surface area contributed by atoms with Crippen LogP contribution in [-0.4, -0.2) is 21.0 Å². The summed E-state index contributed by atoms with van der Waals surface area (Å²) in [6.07, 6.45) is 1.19. The van der Waals surface area contributed by atoms with Gasteiger partial charge in [-0.1, -0.05) is 0 Å². The van der Waals surface area contributed by atoms with Gasteiger partial charge in [0.1, 0.15) is 18.0 Å². The predicted octanol–water partition coefficient (Wildman–Crippen LogP) is 4.08. The van der Waals surface area contributed by atoms with Crippen LogP contribution in [-0.2, 0) is 0 Å². The van der Waals surface area contributed by atoms with Crippen LogP contribution >= 0.6 is 0 Å². The Balaban J connectivity index is 1.78. The van der Waals surface area contributed by atoms with Gasteiger partial charge in [-0.15, -0.1) is 0 Å². The molecule has 9 heteroatoms. The summed E-state index contributed by atoms with van der Waals surface area (Å²) in [7, 11) is 0. The topological polar surface area (TPSA) is 87.1 Å². The van der Waals surface area contributed by atoms with E-state index < -0.39 is 23.4 Å². The van der Waals surface area contributed by atoms with Crippen LogP contribution in [0.3, 0.4) is 0 Å². The largest absolute Gasteiger partial charge is 0.478 e. The number of carboxylic acids is 1. The van der Waals surface area contributed by atoms with E-state index in [1.54, 1.807) is 12.1 Å². The zero-order valence-corrected chi connectivity index (χ0v) is 13.0. The molecular formula is C17H11F3N4O2. The third-order valence-corrected chi connectivity index (χ3v) is 3.37. The van der Waals surface area contributed by atoms with E-state index >= 15 is 0 Å². The predicted molar refractivity (Wildman–Crippen MR) is 88.3 cm³/mol. The number of hydrogen-bond donors (Lipinski definition) is 3. The fraction of sp³-hybridized carbons (Fsp3) is 0. The molecule has 6 nitrogen and oxygen atoms in total. The molecule has 0 atom stereocenters. The van der Waals surface area contributed by atoms with Crippen LogP contribution in [0.5, 0.6) is 0 Å². The van der Waals surface area contributed by atoms with Crippen molar-refractivity contribution in [3.05, 3.63) is 71.8 Å². The number of benzene rings is 2. The van der Waals surface area contributed by atoms with Gasteiger partial charge in [0.25, 0.3) is 0 Å². The summed E-state index contributed by atoms with van der Waals surface area (Å²) in [5, 5.41) is 14.3. The van der Waals surface area contributed by atoms with Gasteiger partial charge in [0.2, 0.25) is 0 Å². The van der Waals surface area contributed by atoms with Crippen molar-refractivity contribution in [2.75, 3.05) is 10.6 Å². The van der Waals surface area contributed by atoms with E-state index in [9.17, 15) is 18.0 Å². The summed E-state index contributed by atoms with van der Waals surface area (Å²) in [4.78, 5) is 18.7. The lowest BCUT2D eigenvalue weighted by Gasteiger charge is -2.10. The third-order valence-electron chi connectivity index (χ3n) is 3.37. The van der Waals surface area contributed by atoms with E-state index in [1.807, 2.05) is 0 Å². The Bertz CT molecular complexity index is 965. The number of rotatable bonds is 5. The van der Waals surface area contributed by atoms with Crippen molar-refractivity contribution in [1.29, 1.82) is 0 Å². The maximum absolute atomic E-state index is 13.7. The number of anilines is 4. The Labute approximate surface area is 145 Å². The Morgan fingerprint density at radius 2 is 1.54 bits per heavy atom. The lowest BCUT2D eigenvalue weighted by Crippen LogP contribution is -2.02. The van der Waals surface area contributed by atoms with E-state index in [2.05, 4.69) is 20.6 Å². The molecule has 0 saturated carbocycles. The quantitative estimate of drug-likeness (QED) is 0.595. The van der Waals surface area contributed by atoms with Crippen LogP contribution in [0.1, 0.15) is 10.4 Å². The summed E-state index contributed by atoms with van der Waals surface area (Å²) in [5.41, 5.74) is 0.424. The first-order valence-corrected chi connectivity index (χ1v) is 7.27. The zero-order valence-electron chi connectivity index (χ0n) is 13.0. The molecule has 1 aromatic heterocycles. The first kappa shape index (κ1) is 17.2. The number of carboxylic acid groups (broad SMARTS) is 1. The third kappa shape index (κ3) is 3.72. The Morgan fingerprint density at radius 3 is 2.19 bits per heavy atom. The second-order valence-corrected chi connectivity index (χ2v) is 5.14. The van der Waals surface area contributed by atoms with E-state index in [0.717, 1.165) is 12.1 Å². The molecule has 3 N–H and O–H groups in total. The van der Waals surface area contributed by atoms with Crippen LogP contribution < -0.4 is 10.6 Å². The Kier molecular flexibility index (Phi) is 4.70. The minimum absolute atomic E-state index is 0.134. The van der Waals surface area contributed by atoms with Gasteiger partial charge < -0.3 is 15.7 Å². The number of nitrogens with one attached hydrogen (secondary N) is 2. The van der Waals surface area contributed by atoms with Crippen molar-refractivity contribution < 1.29 is 23.1 Å². The maximum Gasteiger partial charge on any atom is 0.335 e. The monoisotopic (exact) mass is 360 g/mol. The first-order chi connectivity index (χ1) is 12.4. The van der Waals surface area contributed by atoms with E-state index in [1.165, 1.54) is 24.5 Å². The summed E-state index contributed by atoms with van der Waals surface area (Å²) >= 11 is 0. The van der Waals surface area contributed by atoms with Crippen molar-refractivity contribution >= 4 is 29.0 Å². The molecule has 26 heavy (non-hydrogen) atoms. The number of aromatic carboxylic acids is 1. The molecule has 0 aliphatic carbocycles. The van der Waals surface area contributed by atoms with E-state index in [4.69, 9.17) is 5.11 Å². The molecule has 0 spiro atoms. The summed E-state index contributed by atoms with van der Waals surface area (Å²) in [6.45, 7) is 0. The van der Waals surface area contributed by atoms with Crippen LogP contribution in [0.25, 0.3) is 0 Å². The first-order valence-electron chi connectivity index (χ1n) is 7.27. The average molecular weight is 360 g/mol. The summed E-state index contributed by atoms with van der Waals surface area (Å²) in [6, 6.07) is 9.20. The van der Waals surface area contributed by atoms with Crippen LogP contribution in [0, 0.1) is 17.5 Å². The van der Waals surface area contributed by atoms with Crippen molar-refractivity contribution in [2.24, 2.45) is 0 Å². The fourth-order valence-corrected chi connectivity index (χ4v) is 2.10. The Morgan fingerprint density at radius 1 is 0.885 bits per heavy atom. The minimum atomic E-state index is -1.58. The highest BCUT2D eigenvalue weighted by molar-refractivity contribution is 5.88. The number of nitrogens with zero attached hydrogens (tertiary/aromatic N) is 2. The molecule has 0 radical (unpaired) electrons. The van der Waals surface area contributed by atoms with Gasteiger partial charge in [-0.25, -0.2) is 27.9 Å². The van der Waals surface area contributed by atoms with Crippen molar-refractivity contribution in [3.63, 3.8) is 0 Å². The van der Waals surface area contributed by atoms with Crippen molar-refractivity contribution in [3.8, 4) is 0 Å². The van der Waals surface area contributed by atoms with Gasteiger partial charge in [-0.3, -0.25) is 0 Å². The molecule has 0 aliphatic heterocycles. The molecule has 3 aromatic rings. The SMILES string of the molecule is O=C(O)c1ccc(Nc2cc(Nc3ccc(F)c(F)c3F)ncn2)cc1. The van der Waals surface area contributed by atoms with Gasteiger partial charge in [-0.05, 0) is 36.4 Å². The van der Waals surface area contributed by atoms with Crippen LogP contribution in [0.4, 0.5) is 36.2 Å². The van der Waals surface area contributed by atoms with E-state index in [-0.39, 0.29) is 17.1 Å². The van der Waals surface area contributed by atoms with Gasteiger partial charge in [0, 0.05) is 11.8 Å². The van der Waals surface area contributed by atoms with Crippen LogP contribution in [0.15, 0.2) is 48.8 Å². The molecule has 1 heterocycles.